The molecule has 4 rings (SSSR count). The smallest absolute Gasteiger partial charge is 0.301 e. The monoisotopic (exact) mass is 624 g/mol. The molecule has 0 aliphatic carbocycles. The van der Waals surface area contributed by atoms with Crippen LogP contribution in [-0.4, -0.2) is 89.1 Å². The number of carbonyl (C=O) groups is 2. The lowest BCUT2D eigenvalue weighted by Gasteiger charge is -2.36. The molecule has 1 aliphatic rings. The summed E-state index contributed by atoms with van der Waals surface area (Å²) >= 11 is 0. The second kappa shape index (κ2) is 14.4. The summed E-state index contributed by atoms with van der Waals surface area (Å²) in [5.74, 6) is -0.542. The second-order valence-corrected chi connectivity index (χ2v) is 13.3. The Labute approximate surface area is 260 Å². The quantitative estimate of drug-likeness (QED) is 0.296. The third kappa shape index (κ3) is 7.31. The zero-order valence-corrected chi connectivity index (χ0v) is 27.1. The second-order valence-electron chi connectivity index (χ2n) is 11.4. The van der Waals surface area contributed by atoms with E-state index in [0.29, 0.717) is 37.4 Å². The van der Waals surface area contributed by atoms with Gasteiger partial charge in [0.1, 0.15) is 0 Å². The van der Waals surface area contributed by atoms with Gasteiger partial charge in [0.05, 0.1) is 29.6 Å². The Morgan fingerprint density at radius 3 is 2.30 bits per heavy atom. The lowest BCUT2D eigenvalue weighted by molar-refractivity contribution is 0.0544. The highest BCUT2D eigenvalue weighted by Crippen LogP contribution is 2.29. The van der Waals surface area contributed by atoms with Crippen LogP contribution in [0.15, 0.2) is 48.5 Å². The molecule has 1 aliphatic heterocycles. The molecule has 0 fully saturated rings. The number of rotatable bonds is 13. The fourth-order valence-electron chi connectivity index (χ4n) is 5.34. The van der Waals surface area contributed by atoms with E-state index >= 15 is 0 Å². The molecular weight excluding hydrogens is 580 g/mol. The minimum atomic E-state index is -3.85. The third-order valence-corrected chi connectivity index (χ3v) is 9.42. The van der Waals surface area contributed by atoms with Crippen LogP contribution in [0.1, 0.15) is 77.2 Å². The van der Waals surface area contributed by atoms with Crippen molar-refractivity contribution >= 4 is 27.7 Å². The first-order chi connectivity index (χ1) is 21.0. The summed E-state index contributed by atoms with van der Waals surface area (Å²) in [5, 5.41) is 14.9. The maximum atomic E-state index is 14.3. The zero-order chi connectivity index (χ0) is 32.0. The van der Waals surface area contributed by atoms with Gasteiger partial charge in [-0.05, 0) is 61.6 Å². The zero-order valence-electron chi connectivity index (χ0n) is 26.3. The van der Waals surface area contributed by atoms with Crippen LogP contribution in [0, 0.1) is 6.92 Å². The van der Waals surface area contributed by atoms with Gasteiger partial charge in [0.15, 0.2) is 5.69 Å². The lowest BCUT2D eigenvalue weighted by Crippen LogP contribution is -2.46. The summed E-state index contributed by atoms with van der Waals surface area (Å²) in [7, 11) is -1.02. The number of aromatic nitrogens is 2. The molecule has 3 aromatic rings. The molecule has 2 heterocycles. The fourth-order valence-corrected chi connectivity index (χ4v) is 5.94. The Hall–Kier alpha value is -3.74. The fraction of sp³-hybridized carbons (Fsp3) is 0.469. The Balaban J connectivity index is 1.78. The standard InChI is InChI=1S/C32H44N6O5S/c1-6-8-16-36(17-9-7-2)32(41)29-18-23(3)38(33-29)30-15-14-26(34-44(42,43)35(4)5)20-28(30)31(40)37-21-25-13-11-10-12-24(25)19-27(37)22-39/h10-15,18,20,27,34,39H,6-9,16-17,19,21-22H2,1-5H3/t27-/m0/s1. The van der Waals surface area contributed by atoms with E-state index in [2.05, 4.69) is 23.7 Å². The molecule has 0 radical (unpaired) electrons. The average molecular weight is 625 g/mol. The van der Waals surface area contributed by atoms with Crippen LogP contribution in [0.25, 0.3) is 5.69 Å². The Morgan fingerprint density at radius 1 is 1.02 bits per heavy atom. The number of aryl methyl sites for hydroxylation is 1. The van der Waals surface area contributed by atoms with Crippen LogP contribution in [0.5, 0.6) is 0 Å². The predicted octanol–water partition coefficient (Wildman–Crippen LogP) is 4.00. The minimum absolute atomic E-state index is 0.162. The van der Waals surface area contributed by atoms with Gasteiger partial charge in [-0.3, -0.25) is 14.3 Å². The number of hydrogen-bond acceptors (Lipinski definition) is 6. The van der Waals surface area contributed by atoms with Crippen LogP contribution in [0.3, 0.4) is 0 Å². The molecule has 0 saturated carbocycles. The van der Waals surface area contributed by atoms with Gasteiger partial charge in [0.2, 0.25) is 0 Å². The van der Waals surface area contributed by atoms with Crippen LogP contribution < -0.4 is 4.72 Å². The molecule has 2 aromatic carbocycles. The van der Waals surface area contributed by atoms with E-state index < -0.39 is 16.3 Å². The number of benzene rings is 2. The molecule has 1 aromatic heterocycles. The molecular formula is C32H44N6O5S. The van der Waals surface area contributed by atoms with Crippen molar-refractivity contribution < 1.29 is 23.1 Å². The van der Waals surface area contributed by atoms with E-state index in [1.165, 1.54) is 20.2 Å². The van der Waals surface area contributed by atoms with Crippen molar-refractivity contribution in [3.63, 3.8) is 0 Å². The Morgan fingerprint density at radius 2 is 1.68 bits per heavy atom. The number of anilines is 1. The largest absolute Gasteiger partial charge is 0.394 e. The van der Waals surface area contributed by atoms with Crippen molar-refractivity contribution in [2.24, 2.45) is 0 Å². The summed E-state index contributed by atoms with van der Waals surface area (Å²) < 4.78 is 30.4. The minimum Gasteiger partial charge on any atom is -0.394 e. The summed E-state index contributed by atoms with van der Waals surface area (Å²) in [5.41, 5.74) is 3.80. The molecule has 1 atom stereocenters. The van der Waals surface area contributed by atoms with E-state index in [9.17, 15) is 23.1 Å². The number of aliphatic hydroxyl groups is 1. The first-order valence-corrected chi connectivity index (χ1v) is 16.6. The molecule has 0 saturated heterocycles. The molecule has 2 N–H and O–H groups in total. The lowest BCUT2D eigenvalue weighted by atomic mass is 9.93. The van der Waals surface area contributed by atoms with E-state index in [0.717, 1.165) is 41.1 Å². The number of amides is 2. The van der Waals surface area contributed by atoms with Gasteiger partial charge in [-0.15, -0.1) is 0 Å². The topological polar surface area (TPSA) is 128 Å². The van der Waals surface area contributed by atoms with Gasteiger partial charge in [-0.1, -0.05) is 51.0 Å². The maximum Gasteiger partial charge on any atom is 0.301 e. The van der Waals surface area contributed by atoms with E-state index in [1.54, 1.807) is 27.8 Å². The number of fused-ring (bicyclic) bond motifs is 1. The van der Waals surface area contributed by atoms with Crippen LogP contribution in [0.2, 0.25) is 0 Å². The molecule has 2 amide bonds. The van der Waals surface area contributed by atoms with Crippen molar-refractivity contribution in [3.8, 4) is 5.69 Å². The maximum absolute atomic E-state index is 14.3. The van der Waals surface area contributed by atoms with Crippen molar-refractivity contribution in [2.45, 2.75) is 65.5 Å². The molecule has 12 heteroatoms. The van der Waals surface area contributed by atoms with Gasteiger partial charge < -0.3 is 14.9 Å². The van der Waals surface area contributed by atoms with Crippen molar-refractivity contribution in [1.29, 1.82) is 0 Å². The highest BCUT2D eigenvalue weighted by Gasteiger charge is 2.32. The van der Waals surface area contributed by atoms with Crippen molar-refractivity contribution in [2.75, 3.05) is 38.5 Å². The van der Waals surface area contributed by atoms with Crippen LogP contribution in [-0.2, 0) is 23.2 Å². The highest BCUT2D eigenvalue weighted by molar-refractivity contribution is 7.90. The van der Waals surface area contributed by atoms with Crippen molar-refractivity contribution in [1.82, 2.24) is 23.9 Å². The van der Waals surface area contributed by atoms with Crippen LogP contribution >= 0.6 is 0 Å². The summed E-state index contributed by atoms with van der Waals surface area (Å²) in [6, 6.07) is 13.8. The van der Waals surface area contributed by atoms with Gasteiger partial charge in [0.25, 0.3) is 11.8 Å². The van der Waals surface area contributed by atoms with Gasteiger partial charge in [-0.25, -0.2) is 4.68 Å². The third-order valence-electron chi connectivity index (χ3n) is 7.97. The van der Waals surface area contributed by atoms with Gasteiger partial charge in [-0.2, -0.15) is 17.8 Å². The normalized spacial score (nSPS) is 14.9. The summed E-state index contributed by atoms with van der Waals surface area (Å²) in [4.78, 5) is 31.3. The number of nitrogens with zero attached hydrogens (tertiary/aromatic N) is 5. The first-order valence-electron chi connectivity index (χ1n) is 15.2. The number of aliphatic hydroxyl groups excluding tert-OH is 1. The first kappa shape index (κ1) is 33.2. The molecule has 238 valence electrons. The average Bonchev–Trinajstić information content (AvgIpc) is 3.40. The Kier molecular flexibility index (Phi) is 10.8. The van der Waals surface area contributed by atoms with Gasteiger partial charge in [0, 0.05) is 39.4 Å². The Bertz CT molecular complexity index is 1580. The van der Waals surface area contributed by atoms with E-state index in [-0.39, 0.29) is 35.4 Å². The van der Waals surface area contributed by atoms with Gasteiger partial charge >= 0.3 is 10.2 Å². The SMILES string of the molecule is CCCCN(CCCC)C(=O)c1cc(C)n(-c2ccc(NS(=O)(=O)N(C)C)cc2C(=O)N2Cc3ccccc3C[C@H]2CO)n1. The molecule has 11 nitrogen and oxygen atoms in total. The summed E-state index contributed by atoms with van der Waals surface area (Å²) in [6.45, 7) is 7.34. The number of nitrogens with one attached hydrogen (secondary N) is 1. The highest BCUT2D eigenvalue weighted by atomic mass is 32.2. The van der Waals surface area contributed by atoms with E-state index in [4.69, 9.17) is 0 Å². The molecule has 44 heavy (non-hydrogen) atoms. The predicted molar refractivity (Wildman–Crippen MR) is 171 cm³/mol. The van der Waals surface area contributed by atoms with E-state index in [1.807, 2.05) is 36.1 Å². The number of unbranched alkanes of at least 4 members (excludes halogenated alkanes) is 2. The van der Waals surface area contributed by atoms with Crippen molar-refractivity contribution in [3.05, 3.63) is 76.6 Å². The molecule has 0 bridgehead atoms. The van der Waals surface area contributed by atoms with Crippen LogP contribution in [0.4, 0.5) is 5.69 Å². The molecule has 0 spiro atoms. The number of hydrogen-bond donors (Lipinski definition) is 2. The summed E-state index contributed by atoms with van der Waals surface area (Å²) in [6.07, 6.45) is 4.21. The molecule has 0 unspecified atom stereocenters. The number of carbonyl (C=O) groups excluding carboxylic acids is 2.